The molecule has 3 aromatic carbocycles. The van der Waals surface area contributed by atoms with Crippen molar-refractivity contribution in [3.05, 3.63) is 118 Å². The Morgan fingerprint density at radius 2 is 1.38 bits per heavy atom. The summed E-state index contributed by atoms with van der Waals surface area (Å²) >= 11 is 1.34. The summed E-state index contributed by atoms with van der Waals surface area (Å²) in [5.74, 6) is 3.65. The largest absolute Gasteiger partial charge is 1.00 e. The molecule has 0 radical (unpaired) electrons. The molecule has 0 aromatic heterocycles. The first-order chi connectivity index (χ1) is 22.6. The van der Waals surface area contributed by atoms with E-state index in [-0.39, 0.29) is 41.5 Å². The van der Waals surface area contributed by atoms with Crippen molar-refractivity contribution in [1.29, 1.82) is 0 Å². The van der Waals surface area contributed by atoms with Gasteiger partial charge in [0.1, 0.15) is 0 Å². The van der Waals surface area contributed by atoms with E-state index < -0.39 is 0 Å². The van der Waals surface area contributed by atoms with Crippen LogP contribution in [0.4, 0.5) is 4.39 Å². The van der Waals surface area contributed by atoms with Gasteiger partial charge in [-0.25, -0.2) is 5.57 Å². The van der Waals surface area contributed by atoms with Gasteiger partial charge < -0.3 is 24.8 Å². The number of fused-ring (bicyclic) bond motifs is 3. The Bertz CT molecular complexity index is 1620. The van der Waals surface area contributed by atoms with Gasteiger partial charge in [-0.05, 0) is 79.1 Å². The summed E-state index contributed by atoms with van der Waals surface area (Å²) in [5.41, 5.74) is 13.7. The van der Waals surface area contributed by atoms with Crippen LogP contribution in [0.15, 0.2) is 71.8 Å². The van der Waals surface area contributed by atoms with E-state index in [0.717, 1.165) is 29.7 Å². The van der Waals surface area contributed by atoms with Crippen LogP contribution in [0.1, 0.15) is 128 Å². The van der Waals surface area contributed by atoms with Gasteiger partial charge in [-0.15, -0.1) is 5.56 Å². The summed E-state index contributed by atoms with van der Waals surface area (Å²) in [5, 5.41) is 0. The second kappa shape index (κ2) is 16.2. The minimum Gasteiger partial charge on any atom is -1.00 e. The quantitative estimate of drug-likeness (QED) is 0.221. The normalized spacial score (nSPS) is 25.3. The second-order valence-corrected chi connectivity index (χ2v) is 18.6. The Kier molecular flexibility index (Phi) is 13.3. The van der Waals surface area contributed by atoms with Crippen molar-refractivity contribution in [1.82, 2.24) is 0 Å². The van der Waals surface area contributed by atoms with Crippen molar-refractivity contribution in [2.24, 2.45) is 29.1 Å². The Morgan fingerprint density at radius 3 is 1.88 bits per heavy atom. The molecule has 4 bridgehead atoms. The molecule has 3 aromatic rings. The fraction of sp³-hybridized carbons (Fsp3) is 0.500. The van der Waals surface area contributed by atoms with E-state index >= 15 is 0 Å². The molecule has 4 heteroatoms. The van der Waals surface area contributed by atoms with Gasteiger partial charge in [0.05, 0.1) is 0 Å². The predicted octanol–water partition coefficient (Wildman–Crippen LogP) is 6.10. The predicted molar refractivity (Wildman–Crippen MR) is 197 cm³/mol. The van der Waals surface area contributed by atoms with E-state index in [1.54, 1.807) is 56.2 Å². The molecule has 266 valence electrons. The topological polar surface area (TPSA) is 0 Å². The maximum Gasteiger partial charge on any atom is -1.00 e. The molecule has 0 amide bonds. The Balaban J connectivity index is 0.000000177. The molecule has 6 aliphatic rings. The Hall–Kier alpha value is -1.60. The third kappa shape index (κ3) is 9.49. The maximum absolute atomic E-state index is 12.2. The molecule has 0 spiro atoms. The molecule has 0 saturated heterocycles. The standard InChI is InChI=1S/C21H25.C18H25.C7H5F.2ClH.Zr/c1-20(2,3)16-9-7-14-11-15-8-10-17(21(4,5)6)13-19(15)18(14)12-16;1-12-3-13(2)17(4-12)11-18-8-14-5-15(9-18)7-16(6-14)10-18;1-6-2-4-7(8)5-3-6;;;/h7,9-10,12-13H,11H2,1-6H3;4,12,14-16H,5-11H2,1-2H3;1-5H;2*1H;/q2*-1;;;;+2/p-2. The van der Waals surface area contributed by atoms with Crippen molar-refractivity contribution >= 4 is 3.71 Å². The fourth-order valence-corrected chi connectivity index (χ4v) is 10.0. The van der Waals surface area contributed by atoms with Gasteiger partial charge in [-0.3, -0.25) is 6.08 Å². The van der Waals surface area contributed by atoms with Gasteiger partial charge >= 0.3 is 68.0 Å². The van der Waals surface area contributed by atoms with E-state index in [0.29, 0.717) is 11.3 Å². The van der Waals surface area contributed by atoms with E-state index in [1.165, 1.54) is 81.7 Å². The first-order valence-electron chi connectivity index (χ1n) is 18.4. The van der Waals surface area contributed by atoms with Gasteiger partial charge in [0, 0.05) is 0 Å². The summed E-state index contributed by atoms with van der Waals surface area (Å²) in [6.07, 6.45) is 17.8. The first kappa shape index (κ1) is 41.2. The molecule has 9 rings (SSSR count). The van der Waals surface area contributed by atoms with Crippen molar-refractivity contribution in [2.75, 3.05) is 0 Å². The van der Waals surface area contributed by atoms with E-state index in [4.69, 9.17) is 0 Å². The summed E-state index contributed by atoms with van der Waals surface area (Å²) in [6.45, 7) is 18.2. The molecule has 0 nitrogen and oxygen atoms in total. The van der Waals surface area contributed by atoms with Gasteiger partial charge in [-0.1, -0.05) is 102 Å². The molecule has 0 aliphatic heterocycles. The van der Waals surface area contributed by atoms with E-state index in [2.05, 4.69) is 104 Å². The van der Waals surface area contributed by atoms with Gasteiger partial charge in [-0.2, -0.15) is 41.0 Å². The Morgan fingerprint density at radius 1 is 0.820 bits per heavy atom. The van der Waals surface area contributed by atoms with Crippen molar-refractivity contribution in [2.45, 2.75) is 118 Å². The molecular formula is C46H55Cl2FZr-2. The number of rotatable bonds is 3. The van der Waals surface area contributed by atoms with Crippen LogP contribution in [0.3, 0.4) is 0 Å². The van der Waals surface area contributed by atoms with E-state index in [1.807, 2.05) is 3.71 Å². The minimum atomic E-state index is -0.170. The number of halogens is 3. The monoisotopic (exact) mass is 786 g/mol. The average Bonchev–Trinajstić information content (AvgIpc) is 3.53. The SMILES string of the molecule is CC(C)(C)c1c[c-]c2c(c1)-c1cc(C(C)(C)C)ccc1C2.CC1=[C-]C(C)C=C1CC12CC3CC(CC(C3)C1)C2.Fc1ccc([CH]=[Zr+2])cc1.[Cl-].[Cl-]. The van der Waals surface area contributed by atoms with Crippen LogP contribution in [-0.2, 0) is 41.5 Å². The molecule has 4 saturated carbocycles. The van der Waals surface area contributed by atoms with Crippen LogP contribution in [0.2, 0.25) is 0 Å². The number of hydrogen-bond acceptors (Lipinski definition) is 0. The van der Waals surface area contributed by atoms with Gasteiger partial charge in [0.2, 0.25) is 0 Å². The average molecular weight is 789 g/mol. The zero-order valence-electron chi connectivity index (χ0n) is 31.5. The molecule has 6 aliphatic carbocycles. The van der Waals surface area contributed by atoms with Crippen LogP contribution < -0.4 is 24.8 Å². The molecule has 0 N–H and O–H groups in total. The van der Waals surface area contributed by atoms with E-state index in [9.17, 15) is 4.39 Å². The first-order valence-corrected chi connectivity index (χ1v) is 19.8. The third-order valence-electron chi connectivity index (χ3n) is 11.7. The zero-order chi connectivity index (χ0) is 34.4. The fourth-order valence-electron chi connectivity index (χ4n) is 9.55. The molecule has 1 atom stereocenters. The number of benzene rings is 3. The Labute approximate surface area is 330 Å². The molecule has 0 heterocycles. The van der Waals surface area contributed by atoms with Crippen molar-refractivity contribution in [3.8, 4) is 11.1 Å². The smallest absolute Gasteiger partial charge is 1.00 e. The molecule has 50 heavy (non-hydrogen) atoms. The van der Waals surface area contributed by atoms with Crippen LogP contribution in [-0.4, -0.2) is 3.71 Å². The summed E-state index contributed by atoms with van der Waals surface area (Å²) < 4.78 is 14.2. The van der Waals surface area contributed by atoms with Crippen molar-refractivity contribution in [3.63, 3.8) is 0 Å². The van der Waals surface area contributed by atoms with Crippen LogP contribution >= 0.6 is 0 Å². The van der Waals surface area contributed by atoms with Crippen LogP contribution in [0.25, 0.3) is 11.1 Å². The minimum absolute atomic E-state index is 0. The van der Waals surface area contributed by atoms with Gasteiger partial charge in [0.15, 0.2) is 0 Å². The zero-order valence-corrected chi connectivity index (χ0v) is 35.4. The van der Waals surface area contributed by atoms with Crippen molar-refractivity contribution < 1.29 is 53.4 Å². The third-order valence-corrected chi connectivity index (χ3v) is 12.5. The molecule has 1 unspecified atom stereocenters. The molecule has 4 fully saturated rings. The van der Waals surface area contributed by atoms with Crippen LogP contribution in [0, 0.1) is 47.0 Å². The van der Waals surface area contributed by atoms with Gasteiger partial charge in [0.25, 0.3) is 0 Å². The maximum atomic E-state index is 12.2. The summed E-state index contributed by atoms with van der Waals surface area (Å²) in [6, 6.07) is 21.5. The number of hydrogen-bond donors (Lipinski definition) is 0. The van der Waals surface area contributed by atoms with Crippen LogP contribution in [0.5, 0.6) is 0 Å². The summed E-state index contributed by atoms with van der Waals surface area (Å²) in [4.78, 5) is 0. The summed E-state index contributed by atoms with van der Waals surface area (Å²) in [7, 11) is 0. The second-order valence-electron chi connectivity index (χ2n) is 17.9. The molecular weight excluding hydrogens is 734 g/mol. The number of allylic oxidation sites excluding steroid dienone is 4.